The molecule has 124 heavy (non-hydrogen) atoms. The van der Waals surface area contributed by atoms with E-state index in [1.54, 1.807) is 22.3 Å². The first-order valence-electron chi connectivity index (χ1n) is 51.4. The average molecular weight is 1650 g/mol. The first-order chi connectivity index (χ1) is 60.2. The molecular formula is C124H164. The predicted molar refractivity (Wildman–Crippen MR) is 542 cm³/mol. The van der Waals surface area contributed by atoms with Gasteiger partial charge in [-0.2, -0.15) is 0 Å². The fraction of sp³-hybridized carbons (Fsp3) is 0.516. The second-order valence-corrected chi connectivity index (χ2v) is 41.9. The number of rotatable bonds is 46. The van der Waals surface area contributed by atoms with Crippen molar-refractivity contribution in [2.45, 2.75) is 413 Å². The van der Waals surface area contributed by atoms with Gasteiger partial charge in [0, 0.05) is 10.8 Å². The van der Waals surface area contributed by atoms with Crippen LogP contribution in [0.25, 0.3) is 44.5 Å². The Hall–Kier alpha value is -7.80. The highest BCUT2D eigenvalue weighted by Crippen LogP contribution is 2.65. The molecule has 0 heterocycles. The number of benzene rings is 10. The van der Waals surface area contributed by atoms with Gasteiger partial charge in [0.1, 0.15) is 0 Å². The topological polar surface area (TPSA) is 0 Å². The number of unbranched alkanes of at least 4 members (excludes halogenated alkanes) is 30. The maximum absolute atomic E-state index is 2.77. The van der Waals surface area contributed by atoms with Crippen LogP contribution < -0.4 is 0 Å². The van der Waals surface area contributed by atoms with Crippen LogP contribution in [0.2, 0.25) is 0 Å². The molecule has 0 bridgehead atoms. The van der Waals surface area contributed by atoms with Crippen LogP contribution >= 0.6 is 0 Å². The van der Waals surface area contributed by atoms with E-state index in [1.807, 2.05) is 0 Å². The highest BCUT2D eigenvalue weighted by molar-refractivity contribution is 5.95. The Morgan fingerprint density at radius 2 is 0.395 bits per heavy atom. The van der Waals surface area contributed by atoms with E-state index in [9.17, 15) is 0 Å². The van der Waals surface area contributed by atoms with Crippen molar-refractivity contribution >= 4 is 0 Å². The summed E-state index contributed by atoms with van der Waals surface area (Å²) < 4.78 is 0. The van der Waals surface area contributed by atoms with Crippen molar-refractivity contribution in [3.05, 3.63) is 305 Å². The highest BCUT2D eigenvalue weighted by Gasteiger charge is 2.53. The Morgan fingerprint density at radius 3 is 0.661 bits per heavy atom. The van der Waals surface area contributed by atoms with Crippen molar-refractivity contribution in [1.82, 2.24) is 0 Å². The van der Waals surface area contributed by atoms with Crippen molar-refractivity contribution < 1.29 is 0 Å². The molecule has 10 aromatic rings. The third-order valence-corrected chi connectivity index (χ3v) is 30.5. The summed E-state index contributed by atoms with van der Waals surface area (Å²) in [5, 5.41) is 0. The summed E-state index contributed by atoms with van der Waals surface area (Å²) in [6.45, 7) is 37.2. The van der Waals surface area contributed by atoms with E-state index in [-0.39, 0.29) is 21.7 Å². The van der Waals surface area contributed by atoms with E-state index in [0.717, 1.165) is 0 Å². The number of hydrogen-bond donors (Lipinski definition) is 0. The number of aryl methyl sites for hydroxylation is 6. The summed E-state index contributed by atoms with van der Waals surface area (Å²) in [7, 11) is 0. The lowest BCUT2D eigenvalue weighted by atomic mass is 9.66. The Labute approximate surface area is 757 Å². The van der Waals surface area contributed by atoms with E-state index >= 15 is 0 Å². The molecular weight excluding hydrogens is 1490 g/mol. The molecule has 0 N–H and O–H groups in total. The van der Waals surface area contributed by atoms with Gasteiger partial charge in [0.15, 0.2) is 0 Å². The highest BCUT2D eigenvalue weighted by atomic mass is 14.5. The minimum absolute atomic E-state index is 0.0417. The molecule has 4 aliphatic rings. The molecule has 14 rings (SSSR count). The van der Waals surface area contributed by atoms with Crippen LogP contribution in [0.5, 0.6) is 0 Å². The Bertz CT molecular complexity index is 4900. The third kappa shape index (κ3) is 20.3. The van der Waals surface area contributed by atoms with Gasteiger partial charge >= 0.3 is 0 Å². The summed E-state index contributed by atoms with van der Waals surface area (Å²) in [6.07, 6.45) is 55.5. The van der Waals surface area contributed by atoms with Gasteiger partial charge < -0.3 is 0 Å². The van der Waals surface area contributed by atoms with Crippen molar-refractivity contribution in [2.24, 2.45) is 0 Å². The summed E-state index contributed by atoms with van der Waals surface area (Å²) in [5.74, 6) is 0. The zero-order valence-corrected chi connectivity index (χ0v) is 81.2. The zero-order chi connectivity index (χ0) is 87.5. The fourth-order valence-corrected chi connectivity index (χ4v) is 23.3. The Morgan fingerprint density at radius 1 is 0.194 bits per heavy atom. The van der Waals surface area contributed by atoms with Crippen LogP contribution in [-0.2, 0) is 45.3 Å². The Kier molecular flexibility index (Phi) is 32.8. The maximum Gasteiger partial charge on any atom is 0.0713 e. The predicted octanol–water partition coefficient (Wildman–Crippen LogP) is 37.3. The van der Waals surface area contributed by atoms with Crippen molar-refractivity contribution in [1.29, 1.82) is 0 Å². The molecule has 0 aromatic heterocycles. The minimum atomic E-state index is -0.437. The molecule has 0 spiro atoms. The van der Waals surface area contributed by atoms with E-state index < -0.39 is 10.8 Å². The van der Waals surface area contributed by atoms with Gasteiger partial charge in [-0.1, -0.05) is 494 Å². The van der Waals surface area contributed by atoms with Crippen molar-refractivity contribution in [3.8, 4) is 44.5 Å². The van der Waals surface area contributed by atoms with Crippen LogP contribution in [0.3, 0.4) is 0 Å². The van der Waals surface area contributed by atoms with Crippen LogP contribution in [0.1, 0.15) is 451 Å². The molecule has 4 aliphatic carbocycles. The van der Waals surface area contributed by atoms with Gasteiger partial charge in [-0.15, -0.1) is 0 Å². The summed E-state index contributed by atoms with van der Waals surface area (Å²) in [6, 6.07) is 80.3. The smallest absolute Gasteiger partial charge is 0.0654 e. The number of hydrogen-bond acceptors (Lipinski definition) is 0. The zero-order valence-electron chi connectivity index (χ0n) is 81.2. The maximum atomic E-state index is 2.77. The summed E-state index contributed by atoms with van der Waals surface area (Å²) in [4.78, 5) is 0. The van der Waals surface area contributed by atoms with E-state index in [2.05, 4.69) is 305 Å². The van der Waals surface area contributed by atoms with Crippen LogP contribution in [0.4, 0.5) is 0 Å². The molecule has 0 radical (unpaired) electrons. The molecule has 0 nitrogen and oxygen atoms in total. The van der Waals surface area contributed by atoms with Gasteiger partial charge in [0.25, 0.3) is 0 Å². The summed E-state index contributed by atoms with van der Waals surface area (Å²) >= 11 is 0. The minimum Gasteiger partial charge on any atom is -0.0654 e. The molecule has 0 saturated heterocycles. The van der Waals surface area contributed by atoms with Crippen LogP contribution in [0, 0.1) is 27.7 Å². The largest absolute Gasteiger partial charge is 0.0713 e. The van der Waals surface area contributed by atoms with E-state index in [0.29, 0.717) is 0 Å². The van der Waals surface area contributed by atoms with Crippen molar-refractivity contribution in [3.63, 3.8) is 0 Å². The lowest BCUT2D eigenvalue weighted by molar-refractivity contribution is 0.397. The first-order valence-corrected chi connectivity index (χ1v) is 51.4. The van der Waals surface area contributed by atoms with Crippen LogP contribution in [-0.4, -0.2) is 0 Å². The lowest BCUT2D eigenvalue weighted by Gasteiger charge is -2.36. The molecule has 660 valence electrons. The molecule has 0 unspecified atom stereocenters. The standard InChI is InChI=1S/C66H90.C58H74/c1-7-11-15-19-23-27-31-53-35-39-55(40-36-53)66(56-41-37-54(38-42-56)32-28-24-20-16-12-8-2)63-48-52(6)34-44-58(63)60-49-62-59(50-64(60)66)57-43-33-51(5)47-61(57)65(62,45-29-25-21-17-13-9-3)46-30-26-22-18-14-10-4;1-11-13-15-17-19-21-35-57(36-22-20-18-16-14-12-2)51-37-41(3)23-33-47(51)49-40-54-50(39-52(49)57)48-34-24-42(4)38-53(48)58(54,45-29-25-43(26-30-45)55(5,6)7)46-31-27-44(28-32-46)56(8,9)10/h33-44,47-50H,7-32,45-46H2,1-6H3;23-34,37-40H,11-22,35-36H2,1-10H3. The molecule has 0 aliphatic heterocycles. The molecule has 0 amide bonds. The third-order valence-electron chi connectivity index (χ3n) is 30.5. The average Bonchev–Trinajstić information content (AvgIpc) is 1.52. The normalized spacial score (nSPS) is 14.5. The van der Waals surface area contributed by atoms with Crippen molar-refractivity contribution in [2.75, 3.05) is 0 Å². The monoisotopic (exact) mass is 1650 g/mol. The quantitative estimate of drug-likeness (QED) is 0.0334. The van der Waals surface area contributed by atoms with Gasteiger partial charge in [-0.05, 0) is 248 Å². The molecule has 0 fully saturated rings. The van der Waals surface area contributed by atoms with Gasteiger partial charge in [-0.25, -0.2) is 0 Å². The van der Waals surface area contributed by atoms with Crippen LogP contribution in [0.15, 0.2) is 194 Å². The summed E-state index contributed by atoms with van der Waals surface area (Å²) in [5.41, 5.74) is 40.1. The van der Waals surface area contributed by atoms with Gasteiger partial charge in [0.05, 0.1) is 10.8 Å². The molecule has 10 aromatic carbocycles. The molecule has 0 saturated carbocycles. The lowest BCUT2D eigenvalue weighted by Crippen LogP contribution is -2.29. The second kappa shape index (κ2) is 43.3. The number of fused-ring (bicyclic) bond motifs is 12. The SMILES string of the molecule is CCCCCCCCC1(CCCCCCCC)c2cc(C)ccc2-c2cc3c(cc21)-c1ccc(C)cc1C3(c1ccc(C(C)(C)C)cc1)c1ccc(C(C)(C)C)cc1.CCCCCCCCc1ccc(C2(c3ccc(CCCCCCCC)cc3)c3cc(C)ccc3-c3cc4c(cc32)-c2ccc(C)cc2C4(CCCCCCCC)CCCCCCCC)cc1. The Balaban J connectivity index is 0.000000215. The van der Waals surface area contributed by atoms with E-state index in [1.165, 1.54) is 403 Å². The fourth-order valence-electron chi connectivity index (χ4n) is 23.3. The van der Waals surface area contributed by atoms with Gasteiger partial charge in [-0.3, -0.25) is 0 Å². The van der Waals surface area contributed by atoms with E-state index in [4.69, 9.17) is 0 Å². The van der Waals surface area contributed by atoms with Gasteiger partial charge in [0.2, 0.25) is 0 Å². The molecule has 0 heteroatoms. The first kappa shape index (κ1) is 93.8. The second-order valence-electron chi connectivity index (χ2n) is 41.9. The molecule has 0 atom stereocenters.